The summed E-state index contributed by atoms with van der Waals surface area (Å²) in [6.45, 7) is 13.7. The van der Waals surface area contributed by atoms with E-state index in [0.717, 1.165) is 25.7 Å². The molecule has 1 atom stereocenters. The number of carbonyl (C=O) groups excluding carboxylic acids is 2. The van der Waals surface area contributed by atoms with E-state index in [1.807, 2.05) is 27.7 Å². The molecule has 0 aliphatic heterocycles. The van der Waals surface area contributed by atoms with Gasteiger partial charge >= 0.3 is 12.1 Å². The molecule has 0 heterocycles. The Balaban J connectivity index is 3.33. The van der Waals surface area contributed by atoms with Crippen molar-refractivity contribution in [3.63, 3.8) is 0 Å². The highest BCUT2D eigenvalue weighted by atomic mass is 16.6. The highest BCUT2D eigenvalue weighted by Gasteiger charge is 2.17. The molecule has 9 heteroatoms. The topological polar surface area (TPSA) is 102 Å². The molecule has 0 aromatic rings. The first-order valence-electron chi connectivity index (χ1n) is 11.7. The lowest BCUT2D eigenvalue weighted by Gasteiger charge is -2.19. The molecular formula is C23H45NO8. The van der Waals surface area contributed by atoms with Crippen LogP contribution in [0.5, 0.6) is 0 Å². The second-order valence-electron chi connectivity index (χ2n) is 8.29. The number of rotatable bonds is 20. The van der Waals surface area contributed by atoms with Gasteiger partial charge < -0.3 is 33.7 Å². The normalized spacial score (nSPS) is 12.4. The molecule has 9 nitrogen and oxygen atoms in total. The summed E-state index contributed by atoms with van der Waals surface area (Å²) in [7, 11) is 0. The monoisotopic (exact) mass is 463 g/mol. The van der Waals surface area contributed by atoms with Gasteiger partial charge in [-0.3, -0.25) is 4.79 Å². The Morgan fingerprint density at radius 2 is 1.28 bits per heavy atom. The zero-order valence-corrected chi connectivity index (χ0v) is 20.7. The Kier molecular flexibility index (Phi) is 19.3. The third-order valence-electron chi connectivity index (χ3n) is 4.23. The molecule has 32 heavy (non-hydrogen) atoms. The van der Waals surface area contributed by atoms with E-state index in [1.54, 1.807) is 0 Å². The first kappa shape index (κ1) is 30.6. The first-order chi connectivity index (χ1) is 15.3. The summed E-state index contributed by atoms with van der Waals surface area (Å²) in [6, 6.07) is 0. The van der Waals surface area contributed by atoms with Gasteiger partial charge in [0.05, 0.1) is 58.8 Å². The molecule has 0 saturated carbocycles. The van der Waals surface area contributed by atoms with Crippen LogP contribution in [0.25, 0.3) is 0 Å². The van der Waals surface area contributed by atoms with E-state index in [1.165, 1.54) is 0 Å². The number of alkyl carbamates (subject to hydrolysis) is 1. The molecular weight excluding hydrogens is 418 g/mol. The number of nitrogens with one attached hydrogen (secondary N) is 1. The summed E-state index contributed by atoms with van der Waals surface area (Å²) < 4.78 is 32.0. The number of unbranched alkanes of at least 4 members (excludes halogenated alkanes) is 1. The molecule has 0 spiro atoms. The van der Waals surface area contributed by atoms with E-state index in [0.29, 0.717) is 59.4 Å². The lowest BCUT2D eigenvalue weighted by molar-refractivity contribution is -0.150. The van der Waals surface area contributed by atoms with Crippen LogP contribution < -0.4 is 5.32 Å². The van der Waals surface area contributed by atoms with Crippen LogP contribution in [0.15, 0.2) is 0 Å². The van der Waals surface area contributed by atoms with Gasteiger partial charge in [-0.25, -0.2) is 4.79 Å². The van der Waals surface area contributed by atoms with Gasteiger partial charge in [0.15, 0.2) is 0 Å². The summed E-state index contributed by atoms with van der Waals surface area (Å²) in [6.07, 6.45) is 3.38. The number of hydrogen-bond donors (Lipinski definition) is 1. The maximum Gasteiger partial charge on any atom is 0.407 e. The van der Waals surface area contributed by atoms with Gasteiger partial charge in [0, 0.05) is 6.54 Å². The molecule has 1 amide bonds. The summed E-state index contributed by atoms with van der Waals surface area (Å²) in [5.74, 6) is -0.126. The Labute approximate surface area is 193 Å². The van der Waals surface area contributed by atoms with Gasteiger partial charge in [0.1, 0.15) is 12.2 Å². The summed E-state index contributed by atoms with van der Waals surface area (Å²) in [5, 5.41) is 2.62. The van der Waals surface area contributed by atoms with Crippen LogP contribution in [-0.2, 0) is 33.2 Å². The van der Waals surface area contributed by atoms with Crippen LogP contribution in [0.2, 0.25) is 0 Å². The van der Waals surface area contributed by atoms with Crippen LogP contribution in [0.4, 0.5) is 4.79 Å². The second-order valence-corrected chi connectivity index (χ2v) is 8.29. The number of ether oxygens (including phenoxy) is 6. The van der Waals surface area contributed by atoms with E-state index < -0.39 is 11.7 Å². The van der Waals surface area contributed by atoms with Crippen molar-refractivity contribution < 1.29 is 38.0 Å². The molecule has 1 N–H and O–H groups in total. The van der Waals surface area contributed by atoms with Crippen LogP contribution in [-0.4, -0.2) is 83.7 Å². The third kappa shape index (κ3) is 20.5. The average molecular weight is 464 g/mol. The van der Waals surface area contributed by atoms with Gasteiger partial charge in [0.25, 0.3) is 0 Å². The fraction of sp³-hybridized carbons (Fsp3) is 0.913. The van der Waals surface area contributed by atoms with Crippen molar-refractivity contribution in [3.05, 3.63) is 0 Å². The number of esters is 1. The molecule has 0 aromatic heterocycles. The van der Waals surface area contributed by atoms with Gasteiger partial charge in [-0.1, -0.05) is 26.7 Å². The van der Waals surface area contributed by atoms with Gasteiger partial charge in [-0.2, -0.15) is 0 Å². The van der Waals surface area contributed by atoms with Crippen molar-refractivity contribution in [2.24, 2.45) is 5.92 Å². The summed E-state index contributed by atoms with van der Waals surface area (Å²) in [5.41, 5.74) is -0.506. The zero-order valence-electron chi connectivity index (χ0n) is 20.7. The van der Waals surface area contributed by atoms with E-state index in [4.69, 9.17) is 28.4 Å². The van der Waals surface area contributed by atoms with Crippen LogP contribution in [0, 0.1) is 5.92 Å². The highest BCUT2D eigenvalue weighted by molar-refractivity contribution is 5.72. The Morgan fingerprint density at radius 3 is 1.75 bits per heavy atom. The van der Waals surface area contributed by atoms with Gasteiger partial charge in [0.2, 0.25) is 0 Å². The van der Waals surface area contributed by atoms with Crippen molar-refractivity contribution >= 4 is 12.1 Å². The Bertz CT molecular complexity index is 467. The molecule has 0 bridgehead atoms. The molecule has 1 unspecified atom stereocenters. The van der Waals surface area contributed by atoms with E-state index in [-0.39, 0.29) is 18.5 Å². The predicted molar refractivity (Wildman–Crippen MR) is 122 cm³/mol. The maximum atomic E-state index is 11.9. The Morgan fingerprint density at radius 1 is 0.781 bits per heavy atom. The quantitative estimate of drug-likeness (QED) is 0.217. The molecule has 0 saturated heterocycles. The molecule has 0 aliphatic rings. The SMILES string of the molecule is CCCCC(CC)C(=O)OCCOCCOCCOCCOCCNC(=O)OC(C)(C)C. The minimum absolute atomic E-state index is 0.00224. The van der Waals surface area contributed by atoms with Crippen LogP contribution >= 0.6 is 0 Å². The minimum atomic E-state index is -0.506. The maximum absolute atomic E-state index is 11.9. The molecule has 0 aromatic carbocycles. The molecule has 190 valence electrons. The molecule has 0 fully saturated rings. The average Bonchev–Trinajstić information content (AvgIpc) is 2.72. The Hall–Kier alpha value is -1.42. The van der Waals surface area contributed by atoms with Crippen molar-refractivity contribution in [3.8, 4) is 0 Å². The van der Waals surface area contributed by atoms with Crippen LogP contribution in [0.1, 0.15) is 60.3 Å². The van der Waals surface area contributed by atoms with Crippen molar-refractivity contribution in [1.29, 1.82) is 0 Å². The fourth-order valence-corrected chi connectivity index (χ4v) is 2.56. The largest absolute Gasteiger partial charge is 0.463 e. The lowest BCUT2D eigenvalue weighted by Crippen LogP contribution is -2.34. The third-order valence-corrected chi connectivity index (χ3v) is 4.23. The number of amides is 1. The van der Waals surface area contributed by atoms with Crippen molar-refractivity contribution in [2.45, 2.75) is 65.9 Å². The highest BCUT2D eigenvalue weighted by Crippen LogP contribution is 2.14. The summed E-state index contributed by atoms with van der Waals surface area (Å²) in [4.78, 5) is 23.4. The van der Waals surface area contributed by atoms with Gasteiger partial charge in [-0.05, 0) is 33.6 Å². The first-order valence-corrected chi connectivity index (χ1v) is 11.7. The standard InChI is InChI=1S/C23H45NO8/c1-6-8-9-20(7-2)21(25)31-19-18-30-17-16-29-15-14-28-13-12-27-11-10-24-22(26)32-23(3,4)5/h20H,6-19H2,1-5H3,(H,24,26). The van der Waals surface area contributed by atoms with E-state index in [9.17, 15) is 9.59 Å². The van der Waals surface area contributed by atoms with E-state index in [2.05, 4.69) is 12.2 Å². The van der Waals surface area contributed by atoms with Gasteiger partial charge in [-0.15, -0.1) is 0 Å². The van der Waals surface area contributed by atoms with Crippen molar-refractivity contribution in [2.75, 3.05) is 66.0 Å². The molecule has 0 radical (unpaired) electrons. The smallest absolute Gasteiger partial charge is 0.407 e. The molecule has 0 aliphatic carbocycles. The number of hydrogen-bond acceptors (Lipinski definition) is 8. The number of carbonyl (C=O) groups is 2. The second kappa shape index (κ2) is 20.2. The van der Waals surface area contributed by atoms with E-state index >= 15 is 0 Å². The van der Waals surface area contributed by atoms with Crippen molar-refractivity contribution in [1.82, 2.24) is 5.32 Å². The zero-order chi connectivity index (χ0) is 24.1. The fourth-order valence-electron chi connectivity index (χ4n) is 2.56. The van der Waals surface area contributed by atoms with Crippen LogP contribution in [0.3, 0.4) is 0 Å². The molecule has 0 rings (SSSR count). The predicted octanol–water partition coefficient (Wildman–Crippen LogP) is 3.34. The lowest BCUT2D eigenvalue weighted by atomic mass is 10.00. The minimum Gasteiger partial charge on any atom is -0.463 e. The summed E-state index contributed by atoms with van der Waals surface area (Å²) >= 11 is 0.